The summed E-state index contributed by atoms with van der Waals surface area (Å²) in [5.41, 5.74) is 2.18. The summed E-state index contributed by atoms with van der Waals surface area (Å²) in [5, 5.41) is 3.81. The molecular formula is C26H33ClN2O2S. The number of thioether (sulfide) groups is 1. The predicted molar refractivity (Wildman–Crippen MR) is 134 cm³/mol. The fourth-order valence-corrected chi connectivity index (χ4v) is 5.16. The zero-order valence-corrected chi connectivity index (χ0v) is 20.3. The molecule has 32 heavy (non-hydrogen) atoms. The van der Waals surface area contributed by atoms with Crippen molar-refractivity contribution in [2.45, 2.75) is 69.8 Å². The maximum Gasteiger partial charge on any atom is 0.242 e. The first-order valence-corrected chi connectivity index (χ1v) is 13.0. The smallest absolute Gasteiger partial charge is 0.242 e. The number of hydrogen-bond acceptors (Lipinski definition) is 3. The van der Waals surface area contributed by atoms with Crippen molar-refractivity contribution in [3.63, 3.8) is 0 Å². The van der Waals surface area contributed by atoms with Crippen LogP contribution < -0.4 is 5.32 Å². The van der Waals surface area contributed by atoms with Gasteiger partial charge in [0.2, 0.25) is 11.8 Å². The van der Waals surface area contributed by atoms with E-state index in [1.165, 1.54) is 12.0 Å². The number of rotatable bonds is 10. The lowest BCUT2D eigenvalue weighted by Crippen LogP contribution is -2.50. The molecule has 1 atom stereocenters. The average molecular weight is 473 g/mol. The van der Waals surface area contributed by atoms with E-state index >= 15 is 0 Å². The van der Waals surface area contributed by atoms with Gasteiger partial charge in [-0.05, 0) is 43.0 Å². The number of amides is 2. The van der Waals surface area contributed by atoms with Gasteiger partial charge in [0, 0.05) is 35.5 Å². The first-order chi connectivity index (χ1) is 15.5. The van der Waals surface area contributed by atoms with E-state index in [0.717, 1.165) is 42.8 Å². The van der Waals surface area contributed by atoms with E-state index in [2.05, 4.69) is 17.4 Å². The molecule has 4 nitrogen and oxygen atoms in total. The Morgan fingerprint density at radius 1 is 1.06 bits per heavy atom. The number of nitrogens with zero attached hydrogens (tertiary/aromatic N) is 1. The van der Waals surface area contributed by atoms with E-state index in [-0.39, 0.29) is 17.9 Å². The number of halogens is 1. The maximum atomic E-state index is 13.2. The Labute approximate surface area is 201 Å². The van der Waals surface area contributed by atoms with Crippen LogP contribution in [0.4, 0.5) is 0 Å². The van der Waals surface area contributed by atoms with Crippen LogP contribution in [0.25, 0.3) is 0 Å². The molecule has 1 saturated carbocycles. The van der Waals surface area contributed by atoms with Gasteiger partial charge in [0.1, 0.15) is 6.04 Å². The van der Waals surface area contributed by atoms with Gasteiger partial charge >= 0.3 is 0 Å². The lowest BCUT2D eigenvalue weighted by Gasteiger charge is -2.31. The highest BCUT2D eigenvalue weighted by molar-refractivity contribution is 7.98. The summed E-state index contributed by atoms with van der Waals surface area (Å²) >= 11 is 7.89. The van der Waals surface area contributed by atoms with Crippen molar-refractivity contribution in [2.24, 2.45) is 0 Å². The van der Waals surface area contributed by atoms with Crippen LogP contribution in [0.15, 0.2) is 54.6 Å². The van der Waals surface area contributed by atoms with Gasteiger partial charge in [-0.15, -0.1) is 0 Å². The van der Waals surface area contributed by atoms with Gasteiger partial charge in [0.05, 0.1) is 0 Å². The molecule has 0 saturated heterocycles. The Morgan fingerprint density at radius 2 is 1.78 bits per heavy atom. The standard InChI is InChI=1S/C26H33ClN2O2S/c1-20(26(31)28-24-13-6-3-7-14-24)29(18-22-11-8-12-23(27)17-22)25(30)15-16-32-19-21-9-4-2-5-10-21/h2,4-5,8-12,17,20,24H,3,6-7,13-16,18-19H2,1H3,(H,28,31). The fraction of sp³-hybridized carbons (Fsp3) is 0.462. The predicted octanol–water partition coefficient (Wildman–Crippen LogP) is 5.83. The number of hydrogen-bond donors (Lipinski definition) is 1. The number of carbonyl (C=O) groups is 2. The molecule has 172 valence electrons. The second-order valence-corrected chi connectivity index (χ2v) is 10.0. The zero-order chi connectivity index (χ0) is 22.8. The van der Waals surface area contributed by atoms with Gasteiger partial charge in [-0.3, -0.25) is 9.59 Å². The first kappa shape index (κ1) is 24.7. The van der Waals surface area contributed by atoms with E-state index in [4.69, 9.17) is 11.6 Å². The lowest BCUT2D eigenvalue weighted by atomic mass is 9.95. The second kappa shape index (κ2) is 12.9. The maximum absolute atomic E-state index is 13.2. The molecule has 1 aliphatic rings. The van der Waals surface area contributed by atoms with E-state index < -0.39 is 6.04 Å². The van der Waals surface area contributed by atoms with Crippen molar-refractivity contribution >= 4 is 35.2 Å². The molecule has 2 aromatic carbocycles. The van der Waals surface area contributed by atoms with Crippen LogP contribution >= 0.6 is 23.4 Å². The van der Waals surface area contributed by atoms with Gasteiger partial charge in [0.15, 0.2) is 0 Å². The summed E-state index contributed by atoms with van der Waals surface area (Å²) in [5.74, 6) is 1.53. The van der Waals surface area contributed by atoms with E-state index in [0.29, 0.717) is 18.0 Å². The summed E-state index contributed by atoms with van der Waals surface area (Å²) in [6.07, 6.45) is 6.00. The van der Waals surface area contributed by atoms with Crippen LogP contribution in [0.3, 0.4) is 0 Å². The van der Waals surface area contributed by atoms with Crippen molar-refractivity contribution in [2.75, 3.05) is 5.75 Å². The Morgan fingerprint density at radius 3 is 2.50 bits per heavy atom. The van der Waals surface area contributed by atoms with E-state index in [1.807, 2.05) is 49.4 Å². The highest BCUT2D eigenvalue weighted by atomic mass is 35.5. The molecule has 6 heteroatoms. The van der Waals surface area contributed by atoms with Crippen LogP contribution in [0.1, 0.15) is 56.6 Å². The molecule has 0 radical (unpaired) electrons. The minimum absolute atomic E-state index is 0.00293. The molecule has 0 heterocycles. The Bertz CT molecular complexity index is 871. The molecule has 1 fully saturated rings. The van der Waals surface area contributed by atoms with Gasteiger partial charge in [-0.1, -0.05) is 73.3 Å². The van der Waals surface area contributed by atoms with Crippen molar-refractivity contribution in [3.8, 4) is 0 Å². The van der Waals surface area contributed by atoms with Crippen LogP contribution in [0, 0.1) is 0 Å². The highest BCUT2D eigenvalue weighted by Crippen LogP contribution is 2.20. The minimum atomic E-state index is -0.525. The van der Waals surface area contributed by atoms with Crippen molar-refractivity contribution < 1.29 is 9.59 Å². The van der Waals surface area contributed by atoms with Crippen molar-refractivity contribution in [1.82, 2.24) is 10.2 Å². The summed E-state index contributed by atoms with van der Waals surface area (Å²) < 4.78 is 0. The molecule has 2 aromatic rings. The Balaban J connectivity index is 1.60. The van der Waals surface area contributed by atoms with E-state index in [1.54, 1.807) is 16.7 Å². The summed E-state index contributed by atoms with van der Waals surface area (Å²) in [6, 6.07) is 17.5. The third-order valence-electron chi connectivity index (χ3n) is 5.93. The minimum Gasteiger partial charge on any atom is -0.352 e. The molecule has 0 aromatic heterocycles. The molecular weight excluding hydrogens is 440 g/mol. The van der Waals surface area contributed by atoms with Gasteiger partial charge in [-0.25, -0.2) is 0 Å². The van der Waals surface area contributed by atoms with E-state index in [9.17, 15) is 9.59 Å². The van der Waals surface area contributed by atoms with Crippen LogP contribution in [0.2, 0.25) is 5.02 Å². The molecule has 0 bridgehead atoms. The first-order valence-electron chi connectivity index (χ1n) is 11.5. The Hall–Kier alpha value is -1.98. The molecule has 1 N–H and O–H groups in total. The van der Waals surface area contributed by atoms with Gasteiger partial charge in [-0.2, -0.15) is 11.8 Å². The van der Waals surface area contributed by atoms with Crippen LogP contribution in [-0.4, -0.2) is 34.6 Å². The van der Waals surface area contributed by atoms with Gasteiger partial charge < -0.3 is 10.2 Å². The number of carbonyl (C=O) groups excluding carboxylic acids is 2. The normalized spacial score (nSPS) is 15.2. The molecule has 2 amide bonds. The third-order valence-corrected chi connectivity index (χ3v) is 7.20. The highest BCUT2D eigenvalue weighted by Gasteiger charge is 2.27. The molecule has 3 rings (SSSR count). The van der Waals surface area contributed by atoms with Crippen molar-refractivity contribution in [3.05, 3.63) is 70.7 Å². The quantitative estimate of drug-likeness (QED) is 0.442. The largest absolute Gasteiger partial charge is 0.352 e. The molecule has 1 unspecified atom stereocenters. The van der Waals surface area contributed by atoms with Crippen LogP contribution in [0.5, 0.6) is 0 Å². The molecule has 0 spiro atoms. The average Bonchev–Trinajstić information content (AvgIpc) is 2.81. The monoisotopic (exact) mass is 472 g/mol. The summed E-state index contributed by atoms with van der Waals surface area (Å²) in [4.78, 5) is 27.9. The van der Waals surface area contributed by atoms with Crippen molar-refractivity contribution in [1.29, 1.82) is 0 Å². The Kier molecular flexibility index (Phi) is 9.94. The third kappa shape index (κ3) is 7.86. The second-order valence-electron chi connectivity index (χ2n) is 8.46. The number of benzene rings is 2. The molecule has 1 aliphatic carbocycles. The number of nitrogens with one attached hydrogen (secondary N) is 1. The molecule has 0 aliphatic heterocycles. The topological polar surface area (TPSA) is 49.4 Å². The fourth-order valence-electron chi connectivity index (χ4n) is 4.05. The zero-order valence-electron chi connectivity index (χ0n) is 18.8. The summed E-state index contributed by atoms with van der Waals surface area (Å²) in [6.45, 7) is 2.21. The summed E-state index contributed by atoms with van der Waals surface area (Å²) in [7, 11) is 0. The van der Waals surface area contributed by atoms with Crippen LogP contribution in [-0.2, 0) is 21.9 Å². The lowest BCUT2D eigenvalue weighted by molar-refractivity contribution is -0.140. The van der Waals surface area contributed by atoms with Gasteiger partial charge in [0.25, 0.3) is 0 Å². The SMILES string of the molecule is CC(C(=O)NC1CCCCC1)N(Cc1cccc(Cl)c1)C(=O)CCSCc1ccccc1.